The van der Waals surface area contributed by atoms with E-state index in [2.05, 4.69) is 20.4 Å². The normalized spacial score (nSPS) is 17.5. The van der Waals surface area contributed by atoms with Gasteiger partial charge >= 0.3 is 0 Å². The topological polar surface area (TPSA) is 85.6 Å². The van der Waals surface area contributed by atoms with Gasteiger partial charge in [0, 0.05) is 7.05 Å². The van der Waals surface area contributed by atoms with Crippen molar-refractivity contribution >= 4 is 5.91 Å². The van der Waals surface area contributed by atoms with Crippen molar-refractivity contribution in [3.63, 3.8) is 0 Å². The number of ether oxygens (including phenoxy) is 2. The van der Waals surface area contributed by atoms with Crippen molar-refractivity contribution in [1.29, 1.82) is 0 Å². The Hall–Kier alpha value is -2.68. The standard InChI is InChI=1S/C19H26N6O3/c1-14(15-5-6-16-17(11-15)28-10-9-27-16)23(2)19(26)13-25-18(20-21-22-25)12-24-7-3-4-8-24/h5-6,11,14H,3-4,7-10,12-13H2,1-2H3/t14-/m0/s1. The van der Waals surface area contributed by atoms with E-state index in [-0.39, 0.29) is 18.5 Å². The minimum absolute atomic E-state index is 0.0441. The van der Waals surface area contributed by atoms with Gasteiger partial charge in [0.2, 0.25) is 5.91 Å². The molecule has 0 radical (unpaired) electrons. The number of aromatic nitrogens is 4. The lowest BCUT2D eigenvalue weighted by molar-refractivity contribution is -0.132. The first-order valence-electron chi connectivity index (χ1n) is 9.74. The van der Waals surface area contributed by atoms with E-state index in [0.29, 0.717) is 19.8 Å². The molecule has 0 saturated carbocycles. The summed E-state index contributed by atoms with van der Waals surface area (Å²) >= 11 is 0. The molecule has 0 bridgehead atoms. The number of amides is 1. The van der Waals surface area contributed by atoms with Gasteiger partial charge < -0.3 is 14.4 Å². The van der Waals surface area contributed by atoms with Crippen molar-refractivity contribution in [1.82, 2.24) is 30.0 Å². The summed E-state index contributed by atoms with van der Waals surface area (Å²) in [5.41, 5.74) is 0.995. The molecular weight excluding hydrogens is 360 g/mol. The molecule has 0 N–H and O–H groups in total. The number of tetrazole rings is 1. The number of likely N-dealkylation sites (N-methyl/N-ethyl adjacent to an activating group) is 1. The van der Waals surface area contributed by atoms with Crippen LogP contribution < -0.4 is 9.47 Å². The second-order valence-corrected chi connectivity index (χ2v) is 7.32. The highest BCUT2D eigenvalue weighted by Gasteiger charge is 2.23. The Bertz CT molecular complexity index is 833. The van der Waals surface area contributed by atoms with Gasteiger partial charge in [-0.25, -0.2) is 4.68 Å². The lowest BCUT2D eigenvalue weighted by atomic mass is 10.1. The Morgan fingerprint density at radius 3 is 2.75 bits per heavy atom. The van der Waals surface area contributed by atoms with Crippen LogP contribution in [0.5, 0.6) is 11.5 Å². The maximum Gasteiger partial charge on any atom is 0.244 e. The summed E-state index contributed by atoms with van der Waals surface area (Å²) in [4.78, 5) is 16.9. The summed E-state index contributed by atoms with van der Waals surface area (Å²) in [6.45, 7) is 6.02. The van der Waals surface area contributed by atoms with Crippen LogP contribution in [0.4, 0.5) is 0 Å². The van der Waals surface area contributed by atoms with E-state index in [0.717, 1.165) is 36.0 Å². The van der Waals surface area contributed by atoms with Gasteiger partial charge in [0.1, 0.15) is 19.8 Å². The second kappa shape index (κ2) is 8.14. The van der Waals surface area contributed by atoms with Gasteiger partial charge in [-0.2, -0.15) is 0 Å². The van der Waals surface area contributed by atoms with Gasteiger partial charge in [0.15, 0.2) is 17.3 Å². The molecule has 0 aliphatic carbocycles. The summed E-state index contributed by atoms with van der Waals surface area (Å²) in [5, 5.41) is 11.9. The predicted molar refractivity (Wildman–Crippen MR) is 101 cm³/mol. The third-order valence-electron chi connectivity index (χ3n) is 5.48. The molecule has 9 heteroatoms. The van der Waals surface area contributed by atoms with E-state index < -0.39 is 0 Å². The Balaban J connectivity index is 1.41. The fraction of sp³-hybridized carbons (Fsp3) is 0.579. The first kappa shape index (κ1) is 18.7. The largest absolute Gasteiger partial charge is 0.486 e. The number of hydrogen-bond acceptors (Lipinski definition) is 7. The lowest BCUT2D eigenvalue weighted by Gasteiger charge is -2.27. The van der Waals surface area contributed by atoms with E-state index in [1.54, 1.807) is 16.6 Å². The summed E-state index contributed by atoms with van der Waals surface area (Å²) < 4.78 is 12.8. The summed E-state index contributed by atoms with van der Waals surface area (Å²) in [6, 6.07) is 5.70. The molecule has 1 atom stereocenters. The van der Waals surface area contributed by atoms with Crippen molar-refractivity contribution in [3.05, 3.63) is 29.6 Å². The maximum absolute atomic E-state index is 12.8. The SMILES string of the molecule is C[C@@H](c1ccc2c(c1)OCCO2)N(C)C(=O)Cn1nnnc1CN1CCCC1. The van der Waals surface area contributed by atoms with Gasteiger partial charge in [0.25, 0.3) is 0 Å². The van der Waals surface area contributed by atoms with E-state index in [1.807, 2.05) is 25.1 Å². The van der Waals surface area contributed by atoms with Crippen LogP contribution in [0.15, 0.2) is 18.2 Å². The predicted octanol–water partition coefficient (Wildman–Crippen LogP) is 1.26. The minimum atomic E-state index is -0.109. The van der Waals surface area contributed by atoms with E-state index >= 15 is 0 Å². The lowest BCUT2D eigenvalue weighted by Crippen LogP contribution is -2.34. The zero-order valence-corrected chi connectivity index (χ0v) is 16.4. The van der Waals surface area contributed by atoms with Gasteiger partial charge in [0.05, 0.1) is 12.6 Å². The van der Waals surface area contributed by atoms with Crippen molar-refractivity contribution in [2.45, 2.75) is 38.9 Å². The number of rotatable bonds is 6. The number of likely N-dealkylation sites (tertiary alicyclic amines) is 1. The van der Waals surface area contributed by atoms with Crippen LogP contribution >= 0.6 is 0 Å². The molecule has 0 unspecified atom stereocenters. The smallest absolute Gasteiger partial charge is 0.244 e. The zero-order valence-electron chi connectivity index (χ0n) is 16.4. The highest BCUT2D eigenvalue weighted by molar-refractivity contribution is 5.76. The number of nitrogens with zero attached hydrogens (tertiary/aromatic N) is 6. The molecule has 1 aromatic carbocycles. The minimum Gasteiger partial charge on any atom is -0.486 e. The van der Waals surface area contributed by atoms with Crippen molar-refractivity contribution in [3.8, 4) is 11.5 Å². The van der Waals surface area contributed by atoms with Crippen molar-refractivity contribution in [2.24, 2.45) is 0 Å². The van der Waals surface area contributed by atoms with Crippen LogP contribution in [0.1, 0.15) is 37.2 Å². The van der Waals surface area contributed by atoms with Gasteiger partial charge in [-0.3, -0.25) is 9.69 Å². The van der Waals surface area contributed by atoms with Crippen LogP contribution in [-0.4, -0.2) is 69.3 Å². The number of carbonyl (C=O) groups is 1. The third-order valence-corrected chi connectivity index (χ3v) is 5.48. The molecule has 9 nitrogen and oxygen atoms in total. The molecular formula is C19H26N6O3. The van der Waals surface area contributed by atoms with Crippen LogP contribution in [0.3, 0.4) is 0 Å². The van der Waals surface area contributed by atoms with E-state index in [1.165, 1.54) is 12.8 Å². The fourth-order valence-corrected chi connectivity index (χ4v) is 3.60. The summed E-state index contributed by atoms with van der Waals surface area (Å²) in [6.07, 6.45) is 2.41. The Labute approximate surface area is 164 Å². The molecule has 2 aromatic rings. The number of benzene rings is 1. The molecule has 0 spiro atoms. The average Bonchev–Trinajstić information content (AvgIpc) is 3.39. The first-order valence-corrected chi connectivity index (χ1v) is 9.74. The Morgan fingerprint density at radius 1 is 1.21 bits per heavy atom. The average molecular weight is 386 g/mol. The van der Waals surface area contributed by atoms with Crippen LogP contribution in [0.25, 0.3) is 0 Å². The molecule has 2 aliphatic rings. The number of hydrogen-bond donors (Lipinski definition) is 0. The van der Waals surface area contributed by atoms with Crippen LogP contribution in [0.2, 0.25) is 0 Å². The number of fused-ring (bicyclic) bond motifs is 1. The Kier molecular flexibility index (Phi) is 5.43. The summed E-state index contributed by atoms with van der Waals surface area (Å²) in [5.74, 6) is 2.16. The molecule has 4 rings (SSSR count). The quantitative estimate of drug-likeness (QED) is 0.739. The van der Waals surface area contributed by atoms with Gasteiger partial charge in [-0.15, -0.1) is 5.10 Å². The first-order chi connectivity index (χ1) is 13.6. The molecule has 28 heavy (non-hydrogen) atoms. The van der Waals surface area contributed by atoms with E-state index in [4.69, 9.17) is 9.47 Å². The molecule has 150 valence electrons. The van der Waals surface area contributed by atoms with Crippen LogP contribution in [0, 0.1) is 0 Å². The number of carbonyl (C=O) groups excluding carboxylic acids is 1. The van der Waals surface area contributed by atoms with Crippen LogP contribution in [-0.2, 0) is 17.9 Å². The molecule has 1 aromatic heterocycles. The molecule has 1 amide bonds. The monoisotopic (exact) mass is 386 g/mol. The molecule has 3 heterocycles. The van der Waals surface area contributed by atoms with Crippen molar-refractivity contribution < 1.29 is 14.3 Å². The summed E-state index contributed by atoms with van der Waals surface area (Å²) in [7, 11) is 1.80. The molecule has 2 aliphatic heterocycles. The second-order valence-electron chi connectivity index (χ2n) is 7.32. The van der Waals surface area contributed by atoms with Gasteiger partial charge in [-0.1, -0.05) is 6.07 Å². The van der Waals surface area contributed by atoms with E-state index in [9.17, 15) is 4.79 Å². The highest BCUT2D eigenvalue weighted by atomic mass is 16.6. The van der Waals surface area contributed by atoms with Crippen molar-refractivity contribution in [2.75, 3.05) is 33.4 Å². The third kappa shape index (κ3) is 3.94. The molecule has 1 saturated heterocycles. The Morgan fingerprint density at radius 2 is 1.96 bits per heavy atom. The highest BCUT2D eigenvalue weighted by Crippen LogP contribution is 2.33. The zero-order chi connectivity index (χ0) is 19.5. The van der Waals surface area contributed by atoms with Gasteiger partial charge in [-0.05, 0) is 61.0 Å². The molecule has 1 fully saturated rings. The maximum atomic E-state index is 12.8. The fourth-order valence-electron chi connectivity index (χ4n) is 3.60.